The van der Waals surface area contributed by atoms with E-state index in [4.69, 9.17) is 9.84 Å². The lowest BCUT2D eigenvalue weighted by molar-refractivity contribution is 0.0459. The van der Waals surface area contributed by atoms with Crippen LogP contribution in [0, 0.1) is 5.92 Å². The molecule has 1 aromatic rings. The fourth-order valence-electron chi connectivity index (χ4n) is 1.42. The largest absolute Gasteiger partial charge is 0.462 e. The number of aliphatic hydroxyl groups is 1. The van der Waals surface area contributed by atoms with Gasteiger partial charge in [-0.2, -0.15) is 0 Å². The van der Waals surface area contributed by atoms with Gasteiger partial charge in [-0.05, 0) is 36.5 Å². The van der Waals surface area contributed by atoms with Crippen LogP contribution in [0.5, 0.6) is 0 Å². The number of ether oxygens (including phenoxy) is 1. The molecule has 3 nitrogen and oxygen atoms in total. The van der Waals surface area contributed by atoms with E-state index in [1.807, 2.05) is 26.0 Å². The number of hydrogen-bond donors (Lipinski definition) is 1. The summed E-state index contributed by atoms with van der Waals surface area (Å²) >= 11 is 0. The van der Waals surface area contributed by atoms with Crippen LogP contribution in [-0.2, 0) is 11.2 Å². The monoisotopic (exact) mass is 236 g/mol. The van der Waals surface area contributed by atoms with E-state index < -0.39 is 0 Å². The smallest absolute Gasteiger partial charge is 0.338 e. The number of hydrogen-bond acceptors (Lipinski definition) is 3. The second kappa shape index (κ2) is 7.07. The normalized spacial score (nSPS) is 10.6. The Bertz CT molecular complexity index is 341. The van der Waals surface area contributed by atoms with E-state index in [-0.39, 0.29) is 12.6 Å². The lowest BCUT2D eigenvalue weighted by atomic mass is 10.1. The highest BCUT2D eigenvalue weighted by Gasteiger charge is 2.07. The second-order valence-corrected chi connectivity index (χ2v) is 4.52. The first-order valence-electron chi connectivity index (χ1n) is 6.00. The Morgan fingerprint density at radius 3 is 2.47 bits per heavy atom. The molecule has 1 rings (SSSR count). The molecule has 0 saturated carbocycles. The molecular weight excluding hydrogens is 216 g/mol. The summed E-state index contributed by atoms with van der Waals surface area (Å²) in [5.74, 6) is 0.0789. The Hall–Kier alpha value is -1.35. The van der Waals surface area contributed by atoms with Crippen molar-refractivity contribution in [3.05, 3.63) is 35.4 Å². The van der Waals surface area contributed by atoms with Gasteiger partial charge in [-0.25, -0.2) is 4.79 Å². The molecule has 0 bridgehead atoms. The SMILES string of the molecule is CC(C)COC(=O)c1ccc(CCCO)cc1. The molecule has 0 amide bonds. The van der Waals surface area contributed by atoms with Gasteiger partial charge in [0.2, 0.25) is 0 Å². The average Bonchev–Trinajstić information content (AvgIpc) is 2.34. The minimum Gasteiger partial charge on any atom is -0.462 e. The van der Waals surface area contributed by atoms with Crippen LogP contribution in [0.4, 0.5) is 0 Å². The zero-order valence-electron chi connectivity index (χ0n) is 10.5. The maximum absolute atomic E-state index is 11.6. The van der Waals surface area contributed by atoms with Gasteiger partial charge in [0.1, 0.15) is 0 Å². The van der Waals surface area contributed by atoms with Crippen molar-refractivity contribution in [3.8, 4) is 0 Å². The first-order chi connectivity index (χ1) is 8.13. The predicted octanol–water partition coefficient (Wildman–Crippen LogP) is 2.42. The topological polar surface area (TPSA) is 46.5 Å². The molecule has 0 aliphatic carbocycles. The Kier molecular flexibility index (Phi) is 5.70. The van der Waals surface area contributed by atoms with Gasteiger partial charge in [0, 0.05) is 6.61 Å². The summed E-state index contributed by atoms with van der Waals surface area (Å²) in [4.78, 5) is 11.6. The number of rotatable bonds is 6. The number of carbonyl (C=O) groups excluding carboxylic acids is 1. The molecular formula is C14H20O3. The van der Waals surface area contributed by atoms with Crippen molar-refractivity contribution < 1.29 is 14.6 Å². The van der Waals surface area contributed by atoms with Gasteiger partial charge in [0.25, 0.3) is 0 Å². The highest BCUT2D eigenvalue weighted by atomic mass is 16.5. The summed E-state index contributed by atoms with van der Waals surface area (Å²) < 4.78 is 5.13. The van der Waals surface area contributed by atoms with E-state index in [9.17, 15) is 4.79 Å². The van der Waals surface area contributed by atoms with Crippen molar-refractivity contribution in [1.82, 2.24) is 0 Å². The highest BCUT2D eigenvalue weighted by molar-refractivity contribution is 5.89. The molecule has 0 unspecified atom stereocenters. The maximum Gasteiger partial charge on any atom is 0.338 e. The Morgan fingerprint density at radius 1 is 1.29 bits per heavy atom. The summed E-state index contributed by atoms with van der Waals surface area (Å²) in [5.41, 5.74) is 1.71. The number of benzene rings is 1. The second-order valence-electron chi connectivity index (χ2n) is 4.52. The number of carbonyl (C=O) groups is 1. The predicted molar refractivity (Wildman–Crippen MR) is 67.0 cm³/mol. The molecule has 0 saturated heterocycles. The van der Waals surface area contributed by atoms with Crippen molar-refractivity contribution in [3.63, 3.8) is 0 Å². The first kappa shape index (κ1) is 13.7. The van der Waals surface area contributed by atoms with Crippen LogP contribution in [0.1, 0.15) is 36.2 Å². The molecule has 0 radical (unpaired) electrons. The third kappa shape index (κ3) is 5.00. The lowest BCUT2D eigenvalue weighted by Gasteiger charge is -2.07. The van der Waals surface area contributed by atoms with Gasteiger partial charge in [-0.1, -0.05) is 26.0 Å². The van der Waals surface area contributed by atoms with E-state index >= 15 is 0 Å². The van der Waals surface area contributed by atoms with Crippen LogP contribution in [0.25, 0.3) is 0 Å². The fourth-order valence-corrected chi connectivity index (χ4v) is 1.42. The van der Waals surface area contributed by atoms with Crippen LogP contribution in [0.2, 0.25) is 0 Å². The zero-order chi connectivity index (χ0) is 12.7. The summed E-state index contributed by atoms with van der Waals surface area (Å²) in [6.07, 6.45) is 1.58. The summed E-state index contributed by atoms with van der Waals surface area (Å²) in [5, 5.41) is 8.72. The van der Waals surface area contributed by atoms with Crippen molar-refractivity contribution in [2.24, 2.45) is 5.92 Å². The molecule has 0 fully saturated rings. The third-order valence-electron chi connectivity index (χ3n) is 2.36. The van der Waals surface area contributed by atoms with Crippen LogP contribution in [-0.4, -0.2) is 24.3 Å². The minimum atomic E-state index is -0.271. The quantitative estimate of drug-likeness (QED) is 0.772. The van der Waals surface area contributed by atoms with E-state index in [2.05, 4.69) is 0 Å². The van der Waals surface area contributed by atoms with Crippen LogP contribution >= 0.6 is 0 Å². The molecule has 94 valence electrons. The molecule has 0 heterocycles. The zero-order valence-corrected chi connectivity index (χ0v) is 10.5. The van der Waals surface area contributed by atoms with Crippen molar-refractivity contribution in [2.75, 3.05) is 13.2 Å². The molecule has 1 aromatic carbocycles. The summed E-state index contributed by atoms with van der Waals surface area (Å²) in [7, 11) is 0. The van der Waals surface area contributed by atoms with Crippen LogP contribution in [0.3, 0.4) is 0 Å². The molecule has 3 heteroatoms. The van der Waals surface area contributed by atoms with Gasteiger partial charge in [-0.3, -0.25) is 0 Å². The van der Waals surface area contributed by atoms with Gasteiger partial charge >= 0.3 is 5.97 Å². The van der Waals surface area contributed by atoms with E-state index in [1.54, 1.807) is 12.1 Å². The average molecular weight is 236 g/mol. The molecule has 0 aliphatic rings. The van der Waals surface area contributed by atoms with Crippen molar-refractivity contribution >= 4 is 5.97 Å². The molecule has 0 atom stereocenters. The minimum absolute atomic E-state index is 0.193. The highest BCUT2D eigenvalue weighted by Crippen LogP contribution is 2.08. The number of aliphatic hydroxyl groups excluding tert-OH is 1. The summed E-state index contributed by atoms with van der Waals surface area (Å²) in [6.45, 7) is 4.65. The van der Waals surface area contributed by atoms with Crippen molar-refractivity contribution in [2.45, 2.75) is 26.7 Å². The third-order valence-corrected chi connectivity index (χ3v) is 2.36. The molecule has 0 aromatic heterocycles. The number of aryl methyl sites for hydroxylation is 1. The molecule has 17 heavy (non-hydrogen) atoms. The van der Waals surface area contributed by atoms with Crippen LogP contribution in [0.15, 0.2) is 24.3 Å². The van der Waals surface area contributed by atoms with Gasteiger partial charge in [0.15, 0.2) is 0 Å². The molecule has 0 spiro atoms. The Morgan fingerprint density at radius 2 is 1.94 bits per heavy atom. The first-order valence-corrected chi connectivity index (χ1v) is 6.00. The fraction of sp³-hybridized carbons (Fsp3) is 0.500. The van der Waals surface area contributed by atoms with E-state index in [1.165, 1.54) is 0 Å². The van der Waals surface area contributed by atoms with Crippen LogP contribution < -0.4 is 0 Å². The maximum atomic E-state index is 11.6. The van der Waals surface area contributed by atoms with E-state index in [0.717, 1.165) is 18.4 Å². The summed E-state index contributed by atoms with van der Waals surface area (Å²) in [6, 6.07) is 7.36. The Balaban J connectivity index is 2.51. The van der Waals surface area contributed by atoms with Crippen molar-refractivity contribution in [1.29, 1.82) is 0 Å². The van der Waals surface area contributed by atoms with E-state index in [0.29, 0.717) is 18.1 Å². The Labute approximate surface area is 102 Å². The number of esters is 1. The lowest BCUT2D eigenvalue weighted by Crippen LogP contribution is -2.10. The molecule has 1 N–H and O–H groups in total. The molecule has 0 aliphatic heterocycles. The van der Waals surface area contributed by atoms with Gasteiger partial charge in [-0.15, -0.1) is 0 Å². The van der Waals surface area contributed by atoms with Gasteiger partial charge < -0.3 is 9.84 Å². The van der Waals surface area contributed by atoms with Gasteiger partial charge in [0.05, 0.1) is 12.2 Å². The standard InChI is InChI=1S/C14H20O3/c1-11(2)10-17-14(16)13-7-5-12(6-8-13)4-3-9-15/h5-8,11,15H,3-4,9-10H2,1-2H3.